The van der Waals surface area contributed by atoms with Crippen molar-refractivity contribution in [1.29, 1.82) is 0 Å². The Kier molecular flexibility index (Phi) is 4.35. The monoisotopic (exact) mass is 363 g/mol. The summed E-state index contributed by atoms with van der Waals surface area (Å²) in [5, 5.41) is 10.5. The molecule has 2 aliphatic heterocycles. The molecule has 0 saturated carbocycles. The number of hydrogen-bond donors (Lipinski definition) is 2. The molecule has 0 fully saturated rings. The van der Waals surface area contributed by atoms with Crippen molar-refractivity contribution in [2.45, 2.75) is 32.0 Å². The molecule has 0 radical (unpaired) electrons. The fourth-order valence-corrected chi connectivity index (χ4v) is 3.33. The average Bonchev–Trinajstić information content (AvgIpc) is 3.08. The summed E-state index contributed by atoms with van der Waals surface area (Å²) in [4.78, 5) is 16.3. The van der Waals surface area contributed by atoms with E-state index in [4.69, 9.17) is 21.1 Å². The van der Waals surface area contributed by atoms with Gasteiger partial charge in [0.15, 0.2) is 11.5 Å². The van der Waals surface area contributed by atoms with Crippen molar-refractivity contribution in [2.75, 3.05) is 13.2 Å². The fourth-order valence-electron chi connectivity index (χ4n) is 3.04. The van der Waals surface area contributed by atoms with E-state index < -0.39 is 0 Å². The van der Waals surface area contributed by atoms with Crippen LogP contribution in [0.1, 0.15) is 17.8 Å². The minimum Gasteiger partial charge on any atom is -0.486 e. The lowest BCUT2D eigenvalue weighted by molar-refractivity contribution is 0.171. The van der Waals surface area contributed by atoms with Gasteiger partial charge in [0.1, 0.15) is 25.4 Å². The van der Waals surface area contributed by atoms with Crippen molar-refractivity contribution in [3.05, 3.63) is 34.9 Å². The molecule has 0 saturated heterocycles. The number of carbonyl (C=O) groups excluding carboxylic acids is 1. The lowest BCUT2D eigenvalue weighted by Crippen LogP contribution is -2.45. The van der Waals surface area contributed by atoms with Crippen molar-refractivity contribution >= 4 is 17.6 Å². The predicted octanol–water partition coefficient (Wildman–Crippen LogP) is 1.52. The Morgan fingerprint density at radius 3 is 3.16 bits per heavy atom. The van der Waals surface area contributed by atoms with Gasteiger partial charge in [0.25, 0.3) is 0 Å². The van der Waals surface area contributed by atoms with Crippen LogP contribution in [0, 0.1) is 0 Å². The number of urea groups is 1. The van der Waals surface area contributed by atoms with Crippen LogP contribution in [0.3, 0.4) is 0 Å². The number of benzene rings is 1. The second-order valence-electron chi connectivity index (χ2n) is 6.02. The lowest BCUT2D eigenvalue weighted by Gasteiger charge is -2.24. The van der Waals surface area contributed by atoms with Crippen LogP contribution in [0.5, 0.6) is 11.5 Å². The smallest absolute Gasteiger partial charge is 0.315 e. The molecule has 2 aromatic rings. The summed E-state index contributed by atoms with van der Waals surface area (Å²) < 4.78 is 12.9. The number of nitrogens with zero attached hydrogens (tertiary/aromatic N) is 3. The Bertz CT molecular complexity index is 794. The van der Waals surface area contributed by atoms with Crippen LogP contribution in [0.2, 0.25) is 5.02 Å². The summed E-state index contributed by atoms with van der Waals surface area (Å²) in [7, 11) is 0. The quantitative estimate of drug-likeness (QED) is 0.862. The zero-order chi connectivity index (χ0) is 17.2. The summed E-state index contributed by atoms with van der Waals surface area (Å²) in [6, 6.07) is 3.43. The molecule has 132 valence electrons. The summed E-state index contributed by atoms with van der Waals surface area (Å²) in [5.41, 5.74) is 0.853. The molecule has 1 atom stereocenters. The van der Waals surface area contributed by atoms with Gasteiger partial charge in [0, 0.05) is 13.0 Å². The molecular weight excluding hydrogens is 346 g/mol. The molecular formula is C16H18ClN5O3. The summed E-state index contributed by atoms with van der Waals surface area (Å²) in [6.45, 7) is 1.97. The molecule has 1 aromatic heterocycles. The second kappa shape index (κ2) is 6.79. The van der Waals surface area contributed by atoms with E-state index in [1.165, 1.54) is 0 Å². The van der Waals surface area contributed by atoms with Crippen LogP contribution in [0.25, 0.3) is 0 Å². The molecule has 2 amide bonds. The van der Waals surface area contributed by atoms with Crippen molar-refractivity contribution < 1.29 is 14.3 Å². The molecule has 1 aromatic carbocycles. The summed E-state index contributed by atoms with van der Waals surface area (Å²) in [6.07, 6.45) is 3.20. The molecule has 0 spiro atoms. The molecule has 8 nitrogen and oxygen atoms in total. The third-order valence-electron chi connectivity index (χ3n) is 4.25. The molecule has 0 aliphatic carbocycles. The van der Waals surface area contributed by atoms with E-state index >= 15 is 0 Å². The van der Waals surface area contributed by atoms with Gasteiger partial charge in [-0.05, 0) is 24.1 Å². The van der Waals surface area contributed by atoms with Crippen LogP contribution < -0.4 is 20.1 Å². The highest BCUT2D eigenvalue weighted by Gasteiger charge is 2.21. The van der Waals surface area contributed by atoms with Crippen molar-refractivity contribution in [2.24, 2.45) is 0 Å². The van der Waals surface area contributed by atoms with Crippen LogP contribution in [0.4, 0.5) is 4.79 Å². The largest absolute Gasteiger partial charge is 0.486 e. The van der Waals surface area contributed by atoms with Crippen molar-refractivity contribution in [1.82, 2.24) is 25.4 Å². The highest BCUT2D eigenvalue weighted by Crippen LogP contribution is 2.38. The first kappa shape index (κ1) is 16.0. The molecule has 0 bridgehead atoms. The second-order valence-corrected chi connectivity index (χ2v) is 6.43. The zero-order valence-corrected chi connectivity index (χ0v) is 14.3. The highest BCUT2D eigenvalue weighted by atomic mass is 35.5. The number of rotatable bonds is 3. The van der Waals surface area contributed by atoms with Crippen LogP contribution >= 0.6 is 11.6 Å². The molecule has 1 unspecified atom stereocenters. The first-order chi connectivity index (χ1) is 12.2. The Balaban J connectivity index is 1.33. The van der Waals surface area contributed by atoms with Gasteiger partial charge in [0.05, 0.1) is 17.6 Å². The van der Waals surface area contributed by atoms with Gasteiger partial charge in [-0.2, -0.15) is 5.10 Å². The number of hydrogen-bond acceptors (Lipinski definition) is 5. The van der Waals surface area contributed by atoms with E-state index in [0.29, 0.717) is 42.8 Å². The Labute approximate surface area is 149 Å². The van der Waals surface area contributed by atoms with E-state index in [1.54, 1.807) is 12.4 Å². The first-order valence-electron chi connectivity index (χ1n) is 8.18. The van der Waals surface area contributed by atoms with Crippen LogP contribution in [0.15, 0.2) is 18.5 Å². The Hall–Kier alpha value is -2.48. The third-order valence-corrected chi connectivity index (χ3v) is 4.53. The molecule has 2 N–H and O–H groups in total. The Morgan fingerprint density at radius 2 is 2.24 bits per heavy atom. The lowest BCUT2D eigenvalue weighted by atomic mass is 10.1. The van der Waals surface area contributed by atoms with Gasteiger partial charge in [-0.25, -0.2) is 14.5 Å². The zero-order valence-electron chi connectivity index (χ0n) is 13.5. The van der Waals surface area contributed by atoms with E-state index in [1.807, 2.05) is 10.7 Å². The highest BCUT2D eigenvalue weighted by molar-refractivity contribution is 6.32. The molecule has 2 aliphatic rings. The first-order valence-corrected chi connectivity index (χ1v) is 8.56. The van der Waals surface area contributed by atoms with Gasteiger partial charge in [-0.3, -0.25) is 0 Å². The van der Waals surface area contributed by atoms with Gasteiger partial charge < -0.3 is 20.1 Å². The number of ether oxygens (including phenoxy) is 2. The minimum atomic E-state index is -0.223. The number of carbonyl (C=O) groups is 1. The Morgan fingerprint density at radius 1 is 1.36 bits per heavy atom. The summed E-state index contributed by atoms with van der Waals surface area (Å²) in [5.74, 6) is 2.14. The van der Waals surface area contributed by atoms with Crippen LogP contribution in [-0.2, 0) is 19.5 Å². The molecule has 25 heavy (non-hydrogen) atoms. The maximum atomic E-state index is 12.2. The average molecular weight is 364 g/mol. The minimum absolute atomic E-state index is 0.0399. The van der Waals surface area contributed by atoms with Crippen molar-refractivity contribution in [3.63, 3.8) is 0 Å². The number of fused-ring (bicyclic) bond motifs is 2. The van der Waals surface area contributed by atoms with E-state index in [9.17, 15) is 4.79 Å². The van der Waals surface area contributed by atoms with Crippen LogP contribution in [-0.4, -0.2) is 40.1 Å². The molecule has 4 rings (SSSR count). The van der Waals surface area contributed by atoms with E-state index in [2.05, 4.69) is 20.7 Å². The predicted molar refractivity (Wildman–Crippen MR) is 89.9 cm³/mol. The van der Waals surface area contributed by atoms with Gasteiger partial charge in [-0.15, -0.1) is 0 Å². The van der Waals surface area contributed by atoms with Gasteiger partial charge in [-0.1, -0.05) is 11.6 Å². The topological polar surface area (TPSA) is 90.3 Å². The SMILES string of the molecule is O=C(NCc1cc(Cl)c2c(c1)OCCO2)NC1CCc2ncnn2C1. The maximum Gasteiger partial charge on any atom is 0.315 e. The van der Waals surface area contributed by atoms with E-state index in [-0.39, 0.29) is 12.1 Å². The summed E-state index contributed by atoms with van der Waals surface area (Å²) >= 11 is 6.21. The molecule has 3 heterocycles. The maximum absolute atomic E-state index is 12.2. The third kappa shape index (κ3) is 3.48. The number of halogens is 1. The fraction of sp³-hybridized carbons (Fsp3) is 0.438. The standard InChI is InChI=1S/C16H18ClN5O3/c17-12-5-10(6-13-15(12)25-4-3-24-13)7-18-16(23)21-11-1-2-14-19-9-20-22(14)8-11/h5-6,9,11H,1-4,7-8H2,(H2,18,21,23). The van der Waals surface area contributed by atoms with Gasteiger partial charge in [0.2, 0.25) is 0 Å². The number of aryl methyl sites for hydroxylation is 1. The number of aromatic nitrogens is 3. The van der Waals surface area contributed by atoms with Crippen molar-refractivity contribution in [3.8, 4) is 11.5 Å². The molecule has 9 heteroatoms. The number of nitrogens with one attached hydrogen (secondary N) is 2. The van der Waals surface area contributed by atoms with Gasteiger partial charge >= 0.3 is 6.03 Å². The normalized spacial score (nSPS) is 18.4. The van der Waals surface area contributed by atoms with E-state index in [0.717, 1.165) is 24.2 Å². The number of amides is 2.